The Morgan fingerprint density at radius 1 is 1.11 bits per heavy atom. The molecule has 0 aromatic heterocycles. The van der Waals surface area contributed by atoms with Gasteiger partial charge < -0.3 is 0 Å². The van der Waals surface area contributed by atoms with Crippen molar-refractivity contribution in [2.45, 2.75) is 12.5 Å². The summed E-state index contributed by atoms with van der Waals surface area (Å²) < 4.78 is 13.4. The van der Waals surface area contributed by atoms with Gasteiger partial charge in [-0.05, 0) is 23.6 Å². The van der Waals surface area contributed by atoms with Crippen molar-refractivity contribution in [3.05, 3.63) is 70.5 Å². The average molecular weight is 265 g/mol. The first-order valence-electron chi connectivity index (χ1n) is 5.66. The van der Waals surface area contributed by atoms with Crippen LogP contribution in [0.1, 0.15) is 17.2 Å². The van der Waals surface area contributed by atoms with Crippen LogP contribution in [0.3, 0.4) is 0 Å². The maximum Gasteiger partial charge on any atom is 0.142 e. The molecule has 0 heterocycles. The monoisotopic (exact) mass is 264 g/mol. The fraction of sp³-hybridized carbons (Fsp3) is 0.143. The van der Waals surface area contributed by atoms with Gasteiger partial charge in [0.25, 0.3) is 0 Å². The van der Waals surface area contributed by atoms with Crippen molar-refractivity contribution in [3.63, 3.8) is 0 Å². The number of rotatable bonds is 4. The highest BCUT2D eigenvalue weighted by Gasteiger charge is 2.16. The first-order chi connectivity index (χ1) is 8.72. The third kappa shape index (κ3) is 2.88. The molecule has 0 aliphatic carbocycles. The van der Waals surface area contributed by atoms with E-state index >= 15 is 0 Å². The largest absolute Gasteiger partial charge is 0.271 e. The highest BCUT2D eigenvalue weighted by molar-refractivity contribution is 6.31. The van der Waals surface area contributed by atoms with Gasteiger partial charge in [0.05, 0.1) is 11.1 Å². The van der Waals surface area contributed by atoms with E-state index in [0.29, 0.717) is 12.0 Å². The van der Waals surface area contributed by atoms with E-state index in [9.17, 15) is 4.39 Å². The van der Waals surface area contributed by atoms with Crippen molar-refractivity contribution in [2.24, 2.45) is 5.84 Å². The van der Waals surface area contributed by atoms with Gasteiger partial charge >= 0.3 is 0 Å². The normalized spacial score (nSPS) is 12.4. The first kappa shape index (κ1) is 13.0. The second kappa shape index (κ2) is 5.96. The molecule has 0 aliphatic rings. The van der Waals surface area contributed by atoms with Crippen molar-refractivity contribution < 1.29 is 4.39 Å². The van der Waals surface area contributed by atoms with E-state index < -0.39 is 5.82 Å². The van der Waals surface area contributed by atoms with Crippen LogP contribution >= 0.6 is 11.6 Å². The molecular weight excluding hydrogens is 251 g/mol. The van der Waals surface area contributed by atoms with Crippen molar-refractivity contribution in [1.82, 2.24) is 5.43 Å². The number of benzene rings is 2. The van der Waals surface area contributed by atoms with E-state index in [-0.39, 0.29) is 11.1 Å². The summed E-state index contributed by atoms with van der Waals surface area (Å²) in [6, 6.07) is 14.4. The lowest BCUT2D eigenvalue weighted by molar-refractivity contribution is 0.545. The van der Waals surface area contributed by atoms with Crippen LogP contribution in [0.2, 0.25) is 5.02 Å². The molecule has 2 rings (SSSR count). The molecule has 18 heavy (non-hydrogen) atoms. The average Bonchev–Trinajstić information content (AvgIpc) is 2.41. The van der Waals surface area contributed by atoms with Gasteiger partial charge in [-0.2, -0.15) is 0 Å². The fourth-order valence-electron chi connectivity index (χ4n) is 1.90. The number of nitrogens with two attached hydrogens (primary N) is 1. The Hall–Kier alpha value is -1.42. The van der Waals surface area contributed by atoms with Gasteiger partial charge in [0, 0.05) is 0 Å². The van der Waals surface area contributed by atoms with E-state index in [4.69, 9.17) is 17.4 Å². The standard InChI is InChI=1S/C14H14ClFN2/c15-14-11(7-4-8-12(14)16)13(18-17)9-10-5-2-1-3-6-10/h1-8,13,18H,9,17H2. The molecule has 2 aromatic rings. The van der Waals surface area contributed by atoms with Gasteiger partial charge in [-0.15, -0.1) is 0 Å². The second-order valence-corrected chi connectivity index (χ2v) is 4.43. The molecule has 0 saturated heterocycles. The molecule has 2 aromatic carbocycles. The number of hydrogen-bond acceptors (Lipinski definition) is 2. The van der Waals surface area contributed by atoms with Crippen molar-refractivity contribution in [2.75, 3.05) is 0 Å². The molecule has 0 radical (unpaired) electrons. The molecule has 4 heteroatoms. The Labute approximate surface area is 111 Å². The molecular formula is C14H14ClFN2. The van der Waals surface area contributed by atoms with E-state index in [2.05, 4.69) is 5.43 Å². The molecule has 2 nitrogen and oxygen atoms in total. The summed E-state index contributed by atoms with van der Waals surface area (Å²) in [5, 5.41) is 0.122. The zero-order valence-electron chi connectivity index (χ0n) is 9.74. The highest BCUT2D eigenvalue weighted by atomic mass is 35.5. The minimum Gasteiger partial charge on any atom is -0.271 e. The van der Waals surface area contributed by atoms with Crippen molar-refractivity contribution in [1.29, 1.82) is 0 Å². The Balaban J connectivity index is 2.26. The molecule has 0 amide bonds. The van der Waals surface area contributed by atoms with Crippen LogP contribution in [0.5, 0.6) is 0 Å². The molecule has 0 aliphatic heterocycles. The number of nitrogens with one attached hydrogen (secondary N) is 1. The SMILES string of the molecule is NNC(Cc1ccccc1)c1cccc(F)c1Cl. The summed E-state index contributed by atoms with van der Waals surface area (Å²) in [5.74, 6) is 5.11. The highest BCUT2D eigenvalue weighted by Crippen LogP contribution is 2.27. The minimum absolute atomic E-state index is 0.122. The van der Waals surface area contributed by atoms with E-state index in [0.717, 1.165) is 5.56 Å². The zero-order valence-corrected chi connectivity index (χ0v) is 10.5. The molecule has 1 atom stereocenters. The first-order valence-corrected chi connectivity index (χ1v) is 6.04. The van der Waals surface area contributed by atoms with Gasteiger partial charge in [-0.25, -0.2) is 4.39 Å². The molecule has 0 spiro atoms. The van der Waals surface area contributed by atoms with Crippen LogP contribution in [0.15, 0.2) is 48.5 Å². The molecule has 94 valence electrons. The lowest BCUT2D eigenvalue weighted by Crippen LogP contribution is -2.29. The minimum atomic E-state index is -0.428. The van der Waals surface area contributed by atoms with Crippen LogP contribution < -0.4 is 11.3 Å². The topological polar surface area (TPSA) is 38.0 Å². The number of hydrogen-bond donors (Lipinski definition) is 2. The van der Waals surface area contributed by atoms with Gasteiger partial charge in [0.2, 0.25) is 0 Å². The van der Waals surface area contributed by atoms with E-state index in [1.165, 1.54) is 6.07 Å². The Kier molecular flexibility index (Phi) is 4.31. The lowest BCUT2D eigenvalue weighted by Gasteiger charge is -2.18. The summed E-state index contributed by atoms with van der Waals surface area (Å²) in [5.41, 5.74) is 4.47. The maximum absolute atomic E-state index is 13.4. The summed E-state index contributed by atoms with van der Waals surface area (Å²) in [6.07, 6.45) is 0.653. The summed E-state index contributed by atoms with van der Waals surface area (Å²) in [7, 11) is 0. The van der Waals surface area contributed by atoms with Crippen LogP contribution in [0.25, 0.3) is 0 Å². The van der Waals surface area contributed by atoms with Crippen LogP contribution in [0, 0.1) is 5.82 Å². The fourth-order valence-corrected chi connectivity index (χ4v) is 2.16. The van der Waals surface area contributed by atoms with Crippen LogP contribution in [-0.4, -0.2) is 0 Å². The quantitative estimate of drug-likeness (QED) is 0.657. The summed E-state index contributed by atoms with van der Waals surface area (Å²) in [6.45, 7) is 0. The Morgan fingerprint density at radius 2 is 1.83 bits per heavy atom. The van der Waals surface area contributed by atoms with Gasteiger partial charge in [-0.3, -0.25) is 11.3 Å². The molecule has 1 unspecified atom stereocenters. The van der Waals surface area contributed by atoms with E-state index in [1.807, 2.05) is 30.3 Å². The predicted octanol–water partition coefficient (Wildman–Crippen LogP) is 3.23. The summed E-state index contributed by atoms with van der Waals surface area (Å²) in [4.78, 5) is 0. The zero-order chi connectivity index (χ0) is 13.0. The number of hydrazine groups is 1. The van der Waals surface area contributed by atoms with Gasteiger partial charge in [0.15, 0.2) is 0 Å². The molecule has 0 bridgehead atoms. The number of halogens is 2. The maximum atomic E-state index is 13.4. The van der Waals surface area contributed by atoms with Crippen LogP contribution in [0.4, 0.5) is 4.39 Å². The lowest BCUT2D eigenvalue weighted by atomic mass is 9.99. The van der Waals surface area contributed by atoms with E-state index in [1.54, 1.807) is 12.1 Å². The Bertz CT molecular complexity index is 516. The second-order valence-electron chi connectivity index (χ2n) is 4.05. The van der Waals surface area contributed by atoms with Crippen LogP contribution in [-0.2, 0) is 6.42 Å². The molecule has 3 N–H and O–H groups in total. The molecule has 0 saturated carbocycles. The van der Waals surface area contributed by atoms with Crippen molar-refractivity contribution >= 4 is 11.6 Å². The predicted molar refractivity (Wildman–Crippen MR) is 71.6 cm³/mol. The van der Waals surface area contributed by atoms with Gasteiger partial charge in [0.1, 0.15) is 5.82 Å². The van der Waals surface area contributed by atoms with Gasteiger partial charge in [-0.1, -0.05) is 54.1 Å². The molecule has 0 fully saturated rings. The Morgan fingerprint density at radius 3 is 2.50 bits per heavy atom. The summed E-state index contributed by atoms with van der Waals surface area (Å²) >= 11 is 5.96. The van der Waals surface area contributed by atoms with Crippen molar-refractivity contribution in [3.8, 4) is 0 Å². The third-order valence-corrected chi connectivity index (χ3v) is 3.24. The smallest absolute Gasteiger partial charge is 0.142 e. The third-order valence-electron chi connectivity index (χ3n) is 2.84.